The van der Waals surface area contributed by atoms with E-state index in [4.69, 9.17) is 5.26 Å². The van der Waals surface area contributed by atoms with E-state index in [0.29, 0.717) is 6.42 Å². The van der Waals surface area contributed by atoms with Gasteiger partial charge in [-0.25, -0.2) is 0 Å². The summed E-state index contributed by atoms with van der Waals surface area (Å²) in [7, 11) is 0. The van der Waals surface area contributed by atoms with Crippen molar-refractivity contribution < 1.29 is 4.79 Å². The highest BCUT2D eigenvalue weighted by Gasteiger charge is 2.25. The van der Waals surface area contributed by atoms with Gasteiger partial charge in [-0.15, -0.1) is 0 Å². The van der Waals surface area contributed by atoms with Gasteiger partial charge in [0.1, 0.15) is 0 Å². The van der Waals surface area contributed by atoms with E-state index in [2.05, 4.69) is 21.6 Å². The predicted octanol–water partition coefficient (Wildman–Crippen LogP) is 3.99. The van der Waals surface area contributed by atoms with Crippen LogP contribution in [-0.4, -0.2) is 30.4 Å². The lowest BCUT2D eigenvalue weighted by molar-refractivity contribution is -0.121. The number of benzene rings is 2. The zero-order valence-electron chi connectivity index (χ0n) is 14.8. The molecule has 1 atom stereocenters. The molecular weight excluding hydrogens is 324 g/mol. The number of nitrogens with one attached hydrogen (secondary N) is 2. The summed E-state index contributed by atoms with van der Waals surface area (Å²) < 4.78 is 0. The van der Waals surface area contributed by atoms with Gasteiger partial charge in [0.2, 0.25) is 5.91 Å². The van der Waals surface area contributed by atoms with Crippen molar-refractivity contribution in [3.05, 3.63) is 54.6 Å². The minimum atomic E-state index is -0.00966. The number of nitriles is 1. The van der Waals surface area contributed by atoms with Crippen molar-refractivity contribution in [1.29, 1.82) is 5.26 Å². The molecule has 0 bridgehead atoms. The average molecular weight is 348 g/mol. The number of likely N-dealkylation sites (tertiary alicyclic amines) is 1. The summed E-state index contributed by atoms with van der Waals surface area (Å²) in [5.41, 5.74) is 2.82. The van der Waals surface area contributed by atoms with E-state index >= 15 is 0 Å². The Balaban J connectivity index is 1.53. The second kappa shape index (κ2) is 9.02. The molecule has 0 aromatic heterocycles. The number of anilines is 3. The van der Waals surface area contributed by atoms with Crippen LogP contribution in [-0.2, 0) is 4.79 Å². The number of piperidine rings is 1. The van der Waals surface area contributed by atoms with Gasteiger partial charge in [-0.05, 0) is 55.8 Å². The summed E-state index contributed by atoms with van der Waals surface area (Å²) in [5.74, 6) is 0.0555. The Bertz CT molecular complexity index is 752. The van der Waals surface area contributed by atoms with E-state index in [-0.39, 0.29) is 11.8 Å². The van der Waals surface area contributed by atoms with Gasteiger partial charge in [-0.2, -0.15) is 5.26 Å². The van der Waals surface area contributed by atoms with Crippen molar-refractivity contribution in [3.8, 4) is 6.07 Å². The van der Waals surface area contributed by atoms with Gasteiger partial charge in [0.05, 0.1) is 12.0 Å². The van der Waals surface area contributed by atoms with Crippen LogP contribution in [0.1, 0.15) is 19.3 Å². The van der Waals surface area contributed by atoms with Crippen molar-refractivity contribution >= 4 is 23.0 Å². The van der Waals surface area contributed by atoms with Crippen LogP contribution in [0.5, 0.6) is 0 Å². The fourth-order valence-corrected chi connectivity index (χ4v) is 3.25. The Morgan fingerprint density at radius 2 is 1.77 bits per heavy atom. The monoisotopic (exact) mass is 348 g/mol. The third kappa shape index (κ3) is 5.08. The fraction of sp³-hybridized carbons (Fsp3) is 0.333. The van der Waals surface area contributed by atoms with Gasteiger partial charge in [-0.1, -0.05) is 18.2 Å². The summed E-state index contributed by atoms with van der Waals surface area (Å²) >= 11 is 0. The molecule has 0 aliphatic carbocycles. The van der Waals surface area contributed by atoms with E-state index < -0.39 is 0 Å². The molecule has 26 heavy (non-hydrogen) atoms. The third-order valence-corrected chi connectivity index (χ3v) is 4.63. The van der Waals surface area contributed by atoms with Gasteiger partial charge >= 0.3 is 0 Å². The molecule has 1 amide bonds. The van der Waals surface area contributed by atoms with Crippen molar-refractivity contribution in [2.24, 2.45) is 5.92 Å². The molecule has 2 aromatic rings. The second-order valence-corrected chi connectivity index (χ2v) is 6.61. The molecule has 5 heteroatoms. The number of carbonyl (C=O) groups excluding carboxylic acids is 1. The quantitative estimate of drug-likeness (QED) is 0.828. The van der Waals surface area contributed by atoms with Crippen molar-refractivity contribution in [3.63, 3.8) is 0 Å². The first-order valence-corrected chi connectivity index (χ1v) is 9.07. The molecule has 3 rings (SSSR count). The number of amides is 1. The van der Waals surface area contributed by atoms with Crippen LogP contribution in [0.25, 0.3) is 0 Å². The Kier molecular flexibility index (Phi) is 6.24. The number of nitrogens with zero attached hydrogens (tertiary/aromatic N) is 2. The third-order valence-electron chi connectivity index (χ3n) is 4.63. The van der Waals surface area contributed by atoms with E-state index in [9.17, 15) is 4.79 Å². The van der Waals surface area contributed by atoms with Crippen molar-refractivity contribution in [2.45, 2.75) is 19.3 Å². The normalized spacial score (nSPS) is 17.3. The number of para-hydroxylation sites is 1. The van der Waals surface area contributed by atoms with Crippen LogP contribution in [0.2, 0.25) is 0 Å². The number of carbonyl (C=O) groups is 1. The molecule has 1 unspecified atom stereocenters. The lowest BCUT2D eigenvalue weighted by Gasteiger charge is -2.31. The topological polar surface area (TPSA) is 68.2 Å². The van der Waals surface area contributed by atoms with Gasteiger partial charge in [-0.3, -0.25) is 4.79 Å². The molecule has 1 aliphatic rings. The van der Waals surface area contributed by atoms with Crippen molar-refractivity contribution in [1.82, 2.24) is 4.90 Å². The SMILES string of the molecule is N#CCCN1CCCC(C(=O)Nc2ccc(Nc3ccccc3)cc2)C1. The maximum absolute atomic E-state index is 12.5. The first-order valence-electron chi connectivity index (χ1n) is 9.07. The Morgan fingerprint density at radius 1 is 1.08 bits per heavy atom. The lowest BCUT2D eigenvalue weighted by Crippen LogP contribution is -2.41. The summed E-state index contributed by atoms with van der Waals surface area (Å²) in [5, 5.41) is 15.1. The highest BCUT2D eigenvalue weighted by atomic mass is 16.1. The largest absolute Gasteiger partial charge is 0.356 e. The number of rotatable bonds is 6. The molecule has 2 aromatic carbocycles. The number of hydrogen-bond donors (Lipinski definition) is 2. The molecule has 1 fully saturated rings. The zero-order valence-corrected chi connectivity index (χ0v) is 14.8. The average Bonchev–Trinajstić information content (AvgIpc) is 2.69. The van der Waals surface area contributed by atoms with E-state index in [1.54, 1.807) is 0 Å². The minimum absolute atomic E-state index is 0.00966. The van der Waals surface area contributed by atoms with Gasteiger partial charge in [0.25, 0.3) is 0 Å². The molecule has 0 spiro atoms. The highest BCUT2D eigenvalue weighted by Crippen LogP contribution is 2.21. The van der Waals surface area contributed by atoms with Crippen LogP contribution in [0.3, 0.4) is 0 Å². The molecule has 0 saturated carbocycles. The molecule has 134 valence electrons. The Hall–Kier alpha value is -2.84. The van der Waals surface area contributed by atoms with Crippen LogP contribution in [0.15, 0.2) is 54.6 Å². The van der Waals surface area contributed by atoms with Gasteiger partial charge in [0.15, 0.2) is 0 Å². The molecular formula is C21H24N4O. The fourth-order valence-electron chi connectivity index (χ4n) is 3.25. The van der Waals surface area contributed by atoms with Crippen LogP contribution in [0.4, 0.5) is 17.1 Å². The molecule has 1 heterocycles. The molecule has 1 aliphatic heterocycles. The molecule has 0 radical (unpaired) electrons. The predicted molar refractivity (Wildman–Crippen MR) is 104 cm³/mol. The van der Waals surface area contributed by atoms with E-state index in [1.165, 1.54) is 0 Å². The highest BCUT2D eigenvalue weighted by molar-refractivity contribution is 5.93. The molecule has 5 nitrogen and oxygen atoms in total. The maximum atomic E-state index is 12.5. The second-order valence-electron chi connectivity index (χ2n) is 6.61. The molecule has 1 saturated heterocycles. The summed E-state index contributed by atoms with van der Waals surface area (Å²) in [6.45, 7) is 2.46. The van der Waals surface area contributed by atoms with Crippen molar-refractivity contribution in [2.75, 3.05) is 30.3 Å². The van der Waals surface area contributed by atoms with Gasteiger partial charge < -0.3 is 15.5 Å². The van der Waals surface area contributed by atoms with Crippen LogP contribution >= 0.6 is 0 Å². The Morgan fingerprint density at radius 3 is 2.50 bits per heavy atom. The van der Waals surface area contributed by atoms with Crippen LogP contribution in [0, 0.1) is 17.2 Å². The first-order chi connectivity index (χ1) is 12.7. The summed E-state index contributed by atoms with van der Waals surface area (Å²) in [4.78, 5) is 14.8. The van der Waals surface area contributed by atoms with Gasteiger partial charge in [0, 0.05) is 36.6 Å². The van der Waals surface area contributed by atoms with E-state index in [0.717, 1.165) is 49.5 Å². The standard InChI is InChI=1S/C21H24N4O/c22-13-5-15-25-14-4-6-17(16-25)21(26)24-20-11-9-19(10-12-20)23-18-7-2-1-3-8-18/h1-3,7-12,17,23H,4-6,14-16H2,(H,24,26). The minimum Gasteiger partial charge on any atom is -0.356 e. The number of hydrogen-bond acceptors (Lipinski definition) is 4. The Labute approximate surface area is 154 Å². The smallest absolute Gasteiger partial charge is 0.228 e. The van der Waals surface area contributed by atoms with E-state index in [1.807, 2.05) is 54.6 Å². The lowest BCUT2D eigenvalue weighted by atomic mass is 9.97. The van der Waals surface area contributed by atoms with Crippen LogP contribution < -0.4 is 10.6 Å². The maximum Gasteiger partial charge on any atom is 0.228 e. The summed E-state index contributed by atoms with van der Waals surface area (Å²) in [6.07, 6.45) is 2.43. The zero-order chi connectivity index (χ0) is 18.2. The first kappa shape index (κ1) is 18.0. The molecule has 2 N–H and O–H groups in total. The summed E-state index contributed by atoms with van der Waals surface area (Å²) in [6, 6.07) is 19.9.